The van der Waals surface area contributed by atoms with Crippen LogP contribution in [0.5, 0.6) is 0 Å². The summed E-state index contributed by atoms with van der Waals surface area (Å²) in [5, 5.41) is 2.99. The number of nitrogens with one attached hydrogen (secondary N) is 1. The van der Waals surface area contributed by atoms with Crippen LogP contribution in [-0.2, 0) is 13.6 Å². The summed E-state index contributed by atoms with van der Waals surface area (Å²) in [5.41, 5.74) is 5.32. The van der Waals surface area contributed by atoms with Crippen molar-refractivity contribution >= 4 is 11.5 Å². The molecule has 0 aromatic carbocycles. The third-order valence-corrected chi connectivity index (χ3v) is 2.85. The molecule has 104 valence electrons. The van der Waals surface area contributed by atoms with E-state index in [1.807, 2.05) is 13.8 Å². The first-order chi connectivity index (χ1) is 8.93. The maximum Gasteiger partial charge on any atom is 0.332 e. The Morgan fingerprint density at radius 3 is 2.63 bits per heavy atom. The van der Waals surface area contributed by atoms with Crippen LogP contribution in [0.2, 0.25) is 0 Å². The van der Waals surface area contributed by atoms with E-state index in [1.54, 1.807) is 0 Å². The average molecular weight is 264 g/mol. The van der Waals surface area contributed by atoms with Crippen LogP contribution in [0.4, 0.5) is 11.5 Å². The number of rotatable bonds is 5. The van der Waals surface area contributed by atoms with Gasteiger partial charge in [0.05, 0.1) is 0 Å². The molecule has 19 heavy (non-hydrogen) atoms. The van der Waals surface area contributed by atoms with Crippen LogP contribution in [0, 0.1) is 12.3 Å². The molecule has 0 fully saturated rings. The molecule has 0 amide bonds. The van der Waals surface area contributed by atoms with Crippen molar-refractivity contribution in [3.05, 3.63) is 20.8 Å². The summed E-state index contributed by atoms with van der Waals surface area (Å²) in [7, 11) is 1.44. The lowest BCUT2D eigenvalue weighted by molar-refractivity contribution is 0.599. The van der Waals surface area contributed by atoms with Gasteiger partial charge in [0.25, 0.3) is 5.56 Å². The lowest BCUT2D eigenvalue weighted by Gasteiger charge is -2.18. The summed E-state index contributed by atoms with van der Waals surface area (Å²) in [4.78, 5) is 24.0. The van der Waals surface area contributed by atoms with Gasteiger partial charge in [-0.2, -0.15) is 0 Å². The number of nitrogens with zero attached hydrogens (tertiary/aromatic N) is 2. The number of anilines is 2. The quantitative estimate of drug-likeness (QED) is 0.752. The molecule has 0 aliphatic carbocycles. The molecule has 0 saturated heterocycles. The summed E-state index contributed by atoms with van der Waals surface area (Å²) in [5.74, 6) is 2.68. The first-order valence-electron chi connectivity index (χ1n) is 6.23. The van der Waals surface area contributed by atoms with Gasteiger partial charge in [-0.05, 0) is 13.3 Å². The molecule has 1 atom stereocenters. The Morgan fingerprint density at radius 1 is 1.47 bits per heavy atom. The molecular formula is C13H20N4O2. The Morgan fingerprint density at radius 2 is 2.11 bits per heavy atom. The van der Waals surface area contributed by atoms with Crippen molar-refractivity contribution in [1.82, 2.24) is 9.13 Å². The number of nitrogen functional groups attached to an aromatic ring is 1. The van der Waals surface area contributed by atoms with Crippen molar-refractivity contribution in [3.63, 3.8) is 0 Å². The molecule has 0 radical (unpaired) electrons. The fourth-order valence-corrected chi connectivity index (χ4v) is 1.83. The number of hydrogen-bond acceptors (Lipinski definition) is 4. The molecule has 1 aromatic rings. The van der Waals surface area contributed by atoms with Gasteiger partial charge in [-0.25, -0.2) is 4.79 Å². The van der Waals surface area contributed by atoms with Gasteiger partial charge in [-0.3, -0.25) is 13.9 Å². The largest absolute Gasteiger partial charge is 0.383 e. The Bertz CT molecular complexity index is 607. The van der Waals surface area contributed by atoms with Gasteiger partial charge in [-0.15, -0.1) is 12.3 Å². The lowest BCUT2D eigenvalue weighted by Crippen LogP contribution is -2.41. The lowest BCUT2D eigenvalue weighted by atomic mass is 10.2. The summed E-state index contributed by atoms with van der Waals surface area (Å²) in [6.07, 6.45) is 6.45. The van der Waals surface area contributed by atoms with E-state index < -0.39 is 11.2 Å². The minimum Gasteiger partial charge on any atom is -0.383 e. The summed E-state index contributed by atoms with van der Waals surface area (Å²) in [6.45, 7) is 4.26. The molecule has 6 nitrogen and oxygen atoms in total. The first-order valence-corrected chi connectivity index (χ1v) is 6.23. The van der Waals surface area contributed by atoms with Crippen LogP contribution in [-0.4, -0.2) is 15.2 Å². The Balaban J connectivity index is 3.36. The number of nitrogens with two attached hydrogens (primary N) is 1. The van der Waals surface area contributed by atoms with E-state index in [9.17, 15) is 9.59 Å². The van der Waals surface area contributed by atoms with Crippen LogP contribution >= 0.6 is 0 Å². The predicted molar refractivity (Wildman–Crippen MR) is 77.2 cm³/mol. The molecular weight excluding hydrogens is 244 g/mol. The molecule has 1 heterocycles. The van der Waals surface area contributed by atoms with Gasteiger partial charge < -0.3 is 11.1 Å². The summed E-state index contributed by atoms with van der Waals surface area (Å²) >= 11 is 0. The van der Waals surface area contributed by atoms with Gasteiger partial charge in [-0.1, -0.05) is 6.92 Å². The van der Waals surface area contributed by atoms with E-state index in [4.69, 9.17) is 12.2 Å². The smallest absolute Gasteiger partial charge is 0.332 e. The van der Waals surface area contributed by atoms with E-state index in [2.05, 4.69) is 11.2 Å². The molecule has 0 bridgehead atoms. The zero-order chi connectivity index (χ0) is 14.6. The highest BCUT2D eigenvalue weighted by molar-refractivity contribution is 5.61. The highest BCUT2D eigenvalue weighted by Gasteiger charge is 2.16. The van der Waals surface area contributed by atoms with E-state index in [1.165, 1.54) is 11.6 Å². The standard InChI is InChI=1S/C13H20N4O2/c1-5-7-9(3)15-10-11(14)17(8-6-2)13(19)16(4)12(10)18/h1,9,15H,6-8,14H2,2-4H3. The molecule has 0 saturated carbocycles. The van der Waals surface area contributed by atoms with Gasteiger partial charge in [0.1, 0.15) is 11.5 Å². The van der Waals surface area contributed by atoms with Crippen LogP contribution in [0.25, 0.3) is 0 Å². The van der Waals surface area contributed by atoms with Crippen molar-refractivity contribution in [3.8, 4) is 12.3 Å². The highest BCUT2D eigenvalue weighted by atomic mass is 16.2. The fourth-order valence-electron chi connectivity index (χ4n) is 1.83. The zero-order valence-corrected chi connectivity index (χ0v) is 11.6. The van der Waals surface area contributed by atoms with E-state index in [-0.39, 0.29) is 17.5 Å². The van der Waals surface area contributed by atoms with Gasteiger partial charge >= 0.3 is 5.69 Å². The van der Waals surface area contributed by atoms with Gasteiger partial charge in [0.15, 0.2) is 0 Å². The maximum atomic E-state index is 12.1. The topological polar surface area (TPSA) is 82.0 Å². The average Bonchev–Trinajstić information content (AvgIpc) is 2.38. The third kappa shape index (κ3) is 2.99. The normalized spacial score (nSPS) is 11.9. The molecule has 1 aromatic heterocycles. The summed E-state index contributed by atoms with van der Waals surface area (Å²) < 4.78 is 2.45. The van der Waals surface area contributed by atoms with Gasteiger partial charge in [0, 0.05) is 26.1 Å². The van der Waals surface area contributed by atoms with Crippen molar-refractivity contribution in [2.45, 2.75) is 39.3 Å². The second-order valence-electron chi connectivity index (χ2n) is 4.51. The molecule has 1 unspecified atom stereocenters. The number of terminal acetylenes is 1. The van der Waals surface area contributed by atoms with Crippen LogP contribution in [0.3, 0.4) is 0 Å². The Labute approximate surface area is 112 Å². The van der Waals surface area contributed by atoms with E-state index in [0.29, 0.717) is 13.0 Å². The molecule has 3 N–H and O–H groups in total. The summed E-state index contributed by atoms with van der Waals surface area (Å²) in [6, 6.07) is -0.0902. The van der Waals surface area contributed by atoms with E-state index >= 15 is 0 Å². The molecule has 1 rings (SSSR count). The first kappa shape index (κ1) is 14.9. The van der Waals surface area contributed by atoms with Crippen molar-refractivity contribution in [2.24, 2.45) is 7.05 Å². The Hall–Kier alpha value is -2.16. The number of aromatic nitrogens is 2. The third-order valence-electron chi connectivity index (χ3n) is 2.85. The Kier molecular flexibility index (Phi) is 4.81. The molecule has 0 aliphatic rings. The molecule has 0 aliphatic heterocycles. The minimum absolute atomic E-state index is 0.0902. The van der Waals surface area contributed by atoms with Crippen LogP contribution < -0.4 is 22.3 Å². The van der Waals surface area contributed by atoms with Crippen LogP contribution in [0.15, 0.2) is 9.59 Å². The van der Waals surface area contributed by atoms with E-state index in [0.717, 1.165) is 11.0 Å². The van der Waals surface area contributed by atoms with Crippen molar-refractivity contribution in [1.29, 1.82) is 0 Å². The molecule has 6 heteroatoms. The monoisotopic (exact) mass is 264 g/mol. The minimum atomic E-state index is -0.432. The second kappa shape index (κ2) is 6.14. The zero-order valence-electron chi connectivity index (χ0n) is 11.6. The van der Waals surface area contributed by atoms with Gasteiger partial charge in [0.2, 0.25) is 0 Å². The van der Waals surface area contributed by atoms with Crippen molar-refractivity contribution < 1.29 is 0 Å². The van der Waals surface area contributed by atoms with Crippen LogP contribution in [0.1, 0.15) is 26.7 Å². The van der Waals surface area contributed by atoms with Crippen molar-refractivity contribution in [2.75, 3.05) is 11.1 Å². The highest BCUT2D eigenvalue weighted by Crippen LogP contribution is 2.13. The predicted octanol–water partition coefficient (Wildman–Crippen LogP) is 0.363. The molecule has 0 spiro atoms. The maximum absolute atomic E-state index is 12.1. The fraction of sp³-hybridized carbons (Fsp3) is 0.538. The SMILES string of the molecule is C#CCC(C)Nc1c(N)n(CCC)c(=O)n(C)c1=O. The second-order valence-corrected chi connectivity index (χ2v) is 4.51. The number of hydrogen-bond donors (Lipinski definition) is 2.